The average Bonchev–Trinajstić information content (AvgIpc) is 3.28. The van der Waals surface area contributed by atoms with Crippen LogP contribution in [0.1, 0.15) is 162 Å². The Morgan fingerprint density at radius 3 is 0.939 bits per heavy atom. The van der Waals surface area contributed by atoms with Gasteiger partial charge in [0.25, 0.3) is 0 Å². The van der Waals surface area contributed by atoms with Crippen LogP contribution in [0.15, 0.2) is 48.5 Å². The first-order chi connectivity index (χ1) is 36.7. The first-order valence-corrected chi connectivity index (χ1v) is 119. The topological polar surface area (TPSA) is 0 Å². The Hall–Kier alpha value is 7.05. The normalized spacial score (nSPS) is 11.0. The van der Waals surface area contributed by atoms with Crippen LogP contribution < -0.4 is 10.1 Å². The van der Waals surface area contributed by atoms with E-state index < -0.39 is 232 Å². The van der Waals surface area contributed by atoms with Crippen LogP contribution in [0.5, 0.6) is 0 Å². The summed E-state index contributed by atoms with van der Waals surface area (Å²) in [6, 6.07) is 18.6. The van der Waals surface area contributed by atoms with E-state index in [1.165, 1.54) is 36.3 Å². The van der Waals surface area contributed by atoms with E-state index in [9.17, 15) is 0 Å². The van der Waals surface area contributed by atoms with Gasteiger partial charge in [-0.3, -0.25) is 0 Å². The Kier molecular flexibility index (Phi) is 79.0. The van der Waals surface area contributed by atoms with Crippen molar-refractivity contribution in [1.29, 1.82) is 0 Å². The summed E-state index contributed by atoms with van der Waals surface area (Å²) in [5, 5.41) is 0. The fourth-order valence-electron chi connectivity index (χ4n) is 4.97. The molecular weight excluding hydrogens is 2720 g/mol. The van der Waals surface area contributed by atoms with Gasteiger partial charge in [0.15, 0.2) is 0 Å². The van der Waals surface area contributed by atoms with Gasteiger partial charge in [-0.15, -0.1) is 0 Å². The molecule has 0 spiro atoms. The Bertz CT molecular complexity index is 1740. The molecule has 0 aliphatic carbocycles. The Labute approximate surface area is 610 Å². The summed E-state index contributed by atoms with van der Waals surface area (Å²) in [4.78, 5) is 26.5. The second-order valence-corrected chi connectivity index (χ2v) is 130. The quantitative estimate of drug-likeness (QED) is 0.187. The summed E-state index contributed by atoms with van der Waals surface area (Å²) < 4.78 is 43.2. The predicted octanol–water partition coefficient (Wildman–Crippen LogP) is 24.4. The maximum atomic E-state index is 2.46. The third kappa shape index (κ3) is 74.4. The molecule has 0 N–H and O–H groups in total. The van der Waals surface area contributed by atoms with Crippen molar-refractivity contribution >= 4 is 242 Å². The molecule has 82 heavy (non-hydrogen) atoms. The van der Waals surface area contributed by atoms with Crippen LogP contribution in [0.2, 0.25) is 136 Å². The molecule has 0 radical (unpaired) electrons. The van der Waals surface area contributed by atoms with E-state index in [-0.39, 0.29) is 0 Å². The molecule has 0 aliphatic heterocycles. The molecule has 0 saturated carbocycles. The van der Waals surface area contributed by atoms with Crippen LogP contribution >= 0.6 is 0 Å². The SMILES string of the molecule is C[CH2][Bi]([CH3])[CH3].C[CH2][Sb]([CH3])[CH3].C[CH](C)[Bi]([CH3])[CH3].C[CH](C)[Sb]([CH3])[CH3].Cc1cc(C)[c]([Bi]([CH3])[CH3])c(C)c1.Cc1cc[c]([Bi]([CH3])[CH3])c(C(C)C)c1.Cc1cc[c]([Sb]([CH3])[CH3])c(C(C)C)c1.[CH3][Bi]([CH3])[CH3].[CH3][Bi]([CH3])[C](C)(C)C.[CH3][Sb]([CH3])[CH3].[CH3][Sb]([CH3])[C](C)(C)C. The first kappa shape index (κ1) is 105. The summed E-state index contributed by atoms with van der Waals surface area (Å²) in [5.74, 6) is 1.37. The van der Waals surface area contributed by atoms with Gasteiger partial charge in [-0.25, -0.2) is 0 Å². The number of rotatable bonds is 9. The van der Waals surface area contributed by atoms with Gasteiger partial charge in [-0.1, -0.05) is 0 Å². The van der Waals surface area contributed by atoms with Crippen molar-refractivity contribution in [3.05, 3.63) is 87.5 Å². The Morgan fingerprint density at radius 1 is 0.476 bits per heavy atom. The number of aryl methyl sites for hydroxylation is 5. The molecule has 3 aromatic rings. The average molecular weight is 2870 g/mol. The summed E-state index contributed by atoms with van der Waals surface area (Å²) in [7, 11) is 0. The monoisotopic (exact) mass is 2860 g/mol. The zero-order chi connectivity index (χ0) is 67.5. The van der Waals surface area contributed by atoms with Crippen LogP contribution in [-0.2, 0) is 0 Å². The molecule has 3 aromatic carbocycles. The van der Waals surface area contributed by atoms with Crippen LogP contribution in [0, 0.1) is 34.6 Å². The number of hydrogen-bond donors (Lipinski definition) is 0. The van der Waals surface area contributed by atoms with Crippen molar-refractivity contribution < 1.29 is 0 Å². The van der Waals surface area contributed by atoms with Crippen molar-refractivity contribution in [1.82, 2.24) is 0 Å². The van der Waals surface area contributed by atoms with Crippen LogP contribution in [-0.4, -0.2) is 232 Å². The van der Waals surface area contributed by atoms with E-state index >= 15 is 0 Å². The van der Waals surface area contributed by atoms with Crippen LogP contribution in [0.25, 0.3) is 0 Å². The molecule has 11 heteroatoms. The third-order valence-corrected chi connectivity index (χ3v) is 68.7. The van der Waals surface area contributed by atoms with Gasteiger partial charge in [0.1, 0.15) is 0 Å². The molecule has 0 nitrogen and oxygen atoms in total. The number of benzene rings is 3. The van der Waals surface area contributed by atoms with E-state index in [4.69, 9.17) is 0 Å². The van der Waals surface area contributed by atoms with E-state index in [1.54, 1.807) is 21.2 Å². The molecule has 0 amide bonds. The molecule has 0 saturated heterocycles. The molecule has 0 atom stereocenters. The molecule has 0 fully saturated rings. The van der Waals surface area contributed by atoms with E-state index in [0.717, 1.165) is 7.49 Å². The molecule has 3 rings (SSSR count). The van der Waals surface area contributed by atoms with Crippen molar-refractivity contribution in [3.63, 3.8) is 0 Å². The van der Waals surface area contributed by atoms with Gasteiger partial charge in [-0.2, -0.15) is 0 Å². The van der Waals surface area contributed by atoms with Gasteiger partial charge < -0.3 is 0 Å². The fourth-order valence-corrected chi connectivity index (χ4v) is 19.1. The molecule has 0 aliphatic rings. The molecule has 0 aromatic heterocycles. The van der Waals surface area contributed by atoms with E-state index in [2.05, 4.69) is 308 Å². The summed E-state index contributed by atoms with van der Waals surface area (Å²) in [6.07, 6.45) is 0. The summed E-state index contributed by atoms with van der Waals surface area (Å²) >= 11 is -8.65. The van der Waals surface area contributed by atoms with Crippen molar-refractivity contribution in [2.24, 2.45) is 0 Å². The van der Waals surface area contributed by atoms with Crippen LogP contribution in [0.3, 0.4) is 0 Å². The van der Waals surface area contributed by atoms with Gasteiger partial charge in [0.2, 0.25) is 0 Å². The van der Waals surface area contributed by atoms with Gasteiger partial charge in [-0.05, 0) is 0 Å². The zero-order valence-corrected chi connectivity index (χ0v) is 97.9. The Morgan fingerprint density at radius 2 is 0.756 bits per heavy atom. The molecule has 0 heterocycles. The minimum atomic E-state index is -1.24. The number of hydrogen-bond acceptors (Lipinski definition) is 0. The van der Waals surface area contributed by atoms with Gasteiger partial charge >= 0.3 is 623 Å². The van der Waals surface area contributed by atoms with Crippen molar-refractivity contribution in [2.45, 2.75) is 293 Å². The predicted molar refractivity (Wildman–Crippen MR) is 425 cm³/mol. The summed E-state index contributed by atoms with van der Waals surface area (Å²) in [5.41, 5.74) is 10.4. The molecule has 0 unspecified atom stereocenters. The standard InChI is InChI=1S/2C10H13.C9H11.2C4H9.2C3H7.2C2H5.24CH3.6Bi.5Sb/c2*1-8(2)10-6-4-5-9(3)7-10;1-7-4-8(2)6-9(3)5-7;2*1-4(2)3;2*1-3-2;2*1-2;;;;;;;;;;;;;;;;;;;;;;;;;;;;;;;;;;;/h2*4-5,7-8H,1-3H3;4-5H,1-3H3;2*1-3H3;2*3H,1-2H3;2*1H2,2H3;24*1H3;;;;;;;;;;;. The van der Waals surface area contributed by atoms with Crippen molar-refractivity contribution in [2.75, 3.05) is 0 Å². The summed E-state index contributed by atoms with van der Waals surface area (Å²) in [6.45, 7) is 48.2. The van der Waals surface area contributed by atoms with E-state index in [1.807, 2.05) is 0 Å². The second kappa shape index (κ2) is 61.6. The second-order valence-electron chi connectivity index (χ2n) is 27.6. The molecule has 0 bridgehead atoms. The van der Waals surface area contributed by atoms with Crippen LogP contribution in [0.4, 0.5) is 0 Å². The Balaban J connectivity index is -0.000000126. The van der Waals surface area contributed by atoms with Gasteiger partial charge in [0.05, 0.1) is 0 Å². The zero-order valence-electron chi connectivity index (χ0n) is 64.3. The first-order valence-electron chi connectivity index (χ1n) is 30.2. The maximum absolute atomic E-state index is 2.46. The fraction of sp³-hybridized carbons (Fsp3) is 0.746. The van der Waals surface area contributed by atoms with Gasteiger partial charge in [0, 0.05) is 0 Å². The van der Waals surface area contributed by atoms with Crippen molar-refractivity contribution in [3.8, 4) is 0 Å². The third-order valence-electron chi connectivity index (χ3n) is 12.7. The van der Waals surface area contributed by atoms with E-state index in [0.29, 0.717) is 18.3 Å². The molecular formula is C71H151Bi6Sb5. The minimum absolute atomic E-state index is 0.450. The molecule has 490 valence electrons.